The molecule has 1 aromatic rings. The van der Waals surface area contributed by atoms with Crippen LogP contribution in [0, 0.1) is 0 Å². The predicted molar refractivity (Wildman–Crippen MR) is 80.5 cm³/mol. The molecule has 2 aliphatic rings. The molecule has 2 fully saturated rings. The molecule has 0 saturated carbocycles. The molecule has 0 radical (unpaired) electrons. The van der Waals surface area contributed by atoms with Gasteiger partial charge in [0.2, 0.25) is 0 Å². The molecule has 104 valence electrons. The van der Waals surface area contributed by atoms with Gasteiger partial charge in [-0.15, -0.1) is 0 Å². The molecule has 0 aromatic heterocycles. The molecule has 2 heteroatoms. The van der Waals surface area contributed by atoms with Crippen LogP contribution < -0.4 is 5.32 Å². The molecule has 1 N–H and O–H groups in total. The summed E-state index contributed by atoms with van der Waals surface area (Å²) >= 11 is 0. The quantitative estimate of drug-likeness (QED) is 0.875. The fourth-order valence-corrected chi connectivity index (χ4v) is 3.58. The van der Waals surface area contributed by atoms with Crippen molar-refractivity contribution in [3.63, 3.8) is 0 Å². The fourth-order valence-electron chi connectivity index (χ4n) is 3.58. The Morgan fingerprint density at radius 1 is 1.00 bits per heavy atom. The van der Waals surface area contributed by atoms with E-state index in [1.54, 1.807) is 0 Å². The number of likely N-dealkylation sites (N-methyl/N-ethyl adjacent to an activating group) is 1. The van der Waals surface area contributed by atoms with E-state index in [2.05, 4.69) is 41.5 Å². The third-order valence-corrected chi connectivity index (χ3v) is 4.75. The summed E-state index contributed by atoms with van der Waals surface area (Å²) < 4.78 is 0. The number of hydrogen-bond acceptors (Lipinski definition) is 2. The van der Waals surface area contributed by atoms with Gasteiger partial charge in [0.25, 0.3) is 0 Å². The van der Waals surface area contributed by atoms with Gasteiger partial charge in [0.05, 0.1) is 0 Å². The first kappa shape index (κ1) is 13.1. The standard InChI is InChI=1S/C17H26N2/c1-19-12-4-5-16(13-19)14-7-9-15(10-8-14)17-6-2-3-11-18-17/h7-10,16-18H,2-6,11-13H2,1H3. The largest absolute Gasteiger partial charge is 0.310 e. The molecular formula is C17H26N2. The van der Waals surface area contributed by atoms with Crippen molar-refractivity contribution in [3.05, 3.63) is 35.4 Å². The lowest BCUT2D eigenvalue weighted by atomic mass is 9.89. The van der Waals surface area contributed by atoms with E-state index in [1.807, 2.05) is 0 Å². The van der Waals surface area contributed by atoms with E-state index in [0.717, 1.165) is 5.92 Å². The molecule has 2 unspecified atom stereocenters. The summed E-state index contributed by atoms with van der Waals surface area (Å²) in [4.78, 5) is 2.46. The lowest BCUT2D eigenvalue weighted by Crippen LogP contribution is -2.30. The van der Waals surface area contributed by atoms with Crippen molar-refractivity contribution >= 4 is 0 Å². The monoisotopic (exact) mass is 258 g/mol. The van der Waals surface area contributed by atoms with Gasteiger partial charge in [0.1, 0.15) is 0 Å². The Morgan fingerprint density at radius 2 is 1.79 bits per heavy atom. The summed E-state index contributed by atoms with van der Waals surface area (Å²) in [5.74, 6) is 0.743. The average molecular weight is 258 g/mol. The molecular weight excluding hydrogens is 232 g/mol. The highest BCUT2D eigenvalue weighted by Gasteiger charge is 2.19. The van der Waals surface area contributed by atoms with Crippen LogP contribution in [0.15, 0.2) is 24.3 Å². The van der Waals surface area contributed by atoms with Crippen molar-refractivity contribution in [2.45, 2.75) is 44.1 Å². The Hall–Kier alpha value is -0.860. The smallest absolute Gasteiger partial charge is 0.0320 e. The van der Waals surface area contributed by atoms with Gasteiger partial charge in [-0.1, -0.05) is 30.7 Å². The molecule has 2 nitrogen and oxygen atoms in total. The minimum atomic E-state index is 0.594. The second kappa shape index (κ2) is 6.06. The van der Waals surface area contributed by atoms with Crippen LogP contribution in [0.25, 0.3) is 0 Å². The van der Waals surface area contributed by atoms with Crippen molar-refractivity contribution in [2.75, 3.05) is 26.7 Å². The summed E-state index contributed by atoms with van der Waals surface area (Å²) in [7, 11) is 2.24. The first-order valence-electron chi connectivity index (χ1n) is 7.85. The van der Waals surface area contributed by atoms with Gasteiger partial charge >= 0.3 is 0 Å². The van der Waals surface area contributed by atoms with Crippen LogP contribution in [-0.2, 0) is 0 Å². The fraction of sp³-hybridized carbons (Fsp3) is 0.647. The Bertz CT molecular complexity index is 392. The minimum Gasteiger partial charge on any atom is -0.310 e. The highest BCUT2D eigenvalue weighted by Crippen LogP contribution is 2.28. The van der Waals surface area contributed by atoms with Gasteiger partial charge in [-0.2, -0.15) is 0 Å². The molecule has 0 bridgehead atoms. The number of nitrogens with zero attached hydrogens (tertiary/aromatic N) is 1. The zero-order valence-electron chi connectivity index (χ0n) is 12.1. The molecule has 2 aliphatic heterocycles. The van der Waals surface area contributed by atoms with Gasteiger partial charge in [-0.25, -0.2) is 0 Å². The van der Waals surface area contributed by atoms with E-state index in [1.165, 1.54) is 62.9 Å². The second-order valence-electron chi connectivity index (χ2n) is 6.27. The van der Waals surface area contributed by atoms with Gasteiger partial charge in [-0.3, -0.25) is 0 Å². The van der Waals surface area contributed by atoms with E-state index in [4.69, 9.17) is 0 Å². The Kier molecular flexibility index (Phi) is 4.19. The zero-order valence-corrected chi connectivity index (χ0v) is 12.1. The van der Waals surface area contributed by atoms with Crippen molar-refractivity contribution in [3.8, 4) is 0 Å². The van der Waals surface area contributed by atoms with Gasteiger partial charge in [0, 0.05) is 12.6 Å². The first-order chi connectivity index (χ1) is 9.33. The van der Waals surface area contributed by atoms with Crippen molar-refractivity contribution < 1.29 is 0 Å². The summed E-state index contributed by atoms with van der Waals surface area (Å²) in [5.41, 5.74) is 3.01. The molecule has 0 amide bonds. The van der Waals surface area contributed by atoms with Crippen molar-refractivity contribution in [2.24, 2.45) is 0 Å². The van der Waals surface area contributed by atoms with E-state index in [9.17, 15) is 0 Å². The number of nitrogens with one attached hydrogen (secondary N) is 1. The summed E-state index contributed by atoms with van der Waals surface area (Å²) in [6.07, 6.45) is 6.69. The van der Waals surface area contributed by atoms with Crippen LogP contribution >= 0.6 is 0 Å². The molecule has 2 atom stereocenters. The number of benzene rings is 1. The normalized spacial score (nSPS) is 29.3. The lowest BCUT2D eigenvalue weighted by molar-refractivity contribution is 0.251. The van der Waals surface area contributed by atoms with Crippen LogP contribution in [0.4, 0.5) is 0 Å². The maximum absolute atomic E-state index is 3.63. The number of likely N-dealkylation sites (tertiary alicyclic amines) is 1. The molecule has 2 saturated heterocycles. The van der Waals surface area contributed by atoms with E-state index in [0.29, 0.717) is 6.04 Å². The minimum absolute atomic E-state index is 0.594. The topological polar surface area (TPSA) is 15.3 Å². The van der Waals surface area contributed by atoms with Crippen LogP contribution in [0.2, 0.25) is 0 Å². The van der Waals surface area contributed by atoms with Gasteiger partial charge in [-0.05, 0) is 62.9 Å². The molecule has 19 heavy (non-hydrogen) atoms. The van der Waals surface area contributed by atoms with Crippen LogP contribution in [0.5, 0.6) is 0 Å². The van der Waals surface area contributed by atoms with E-state index < -0.39 is 0 Å². The zero-order chi connectivity index (χ0) is 13.1. The Balaban J connectivity index is 1.67. The number of rotatable bonds is 2. The first-order valence-corrected chi connectivity index (χ1v) is 7.85. The molecule has 0 spiro atoms. The van der Waals surface area contributed by atoms with Crippen LogP contribution in [0.1, 0.15) is 55.2 Å². The Morgan fingerprint density at radius 3 is 2.47 bits per heavy atom. The maximum atomic E-state index is 3.63. The summed E-state index contributed by atoms with van der Waals surface area (Å²) in [6, 6.07) is 10.0. The lowest BCUT2D eigenvalue weighted by Gasteiger charge is -2.30. The van der Waals surface area contributed by atoms with Crippen LogP contribution in [0.3, 0.4) is 0 Å². The third kappa shape index (κ3) is 3.18. The third-order valence-electron chi connectivity index (χ3n) is 4.75. The van der Waals surface area contributed by atoms with E-state index >= 15 is 0 Å². The summed E-state index contributed by atoms with van der Waals surface area (Å²) in [5, 5.41) is 3.63. The molecule has 2 heterocycles. The van der Waals surface area contributed by atoms with E-state index in [-0.39, 0.29) is 0 Å². The average Bonchev–Trinajstić information content (AvgIpc) is 2.48. The number of piperidine rings is 2. The van der Waals surface area contributed by atoms with Crippen molar-refractivity contribution in [1.82, 2.24) is 10.2 Å². The Labute approximate surface area is 117 Å². The highest BCUT2D eigenvalue weighted by molar-refractivity contribution is 5.28. The molecule has 1 aromatic carbocycles. The molecule has 0 aliphatic carbocycles. The predicted octanol–water partition coefficient (Wildman–Crippen LogP) is 3.31. The van der Waals surface area contributed by atoms with Gasteiger partial charge < -0.3 is 10.2 Å². The van der Waals surface area contributed by atoms with Crippen LogP contribution in [-0.4, -0.2) is 31.6 Å². The van der Waals surface area contributed by atoms with Crippen molar-refractivity contribution in [1.29, 1.82) is 0 Å². The second-order valence-corrected chi connectivity index (χ2v) is 6.27. The highest BCUT2D eigenvalue weighted by atomic mass is 15.1. The number of hydrogen-bond donors (Lipinski definition) is 1. The maximum Gasteiger partial charge on any atom is 0.0320 e. The molecule has 3 rings (SSSR count). The SMILES string of the molecule is CN1CCCC(c2ccc(C3CCCCN3)cc2)C1. The summed E-state index contributed by atoms with van der Waals surface area (Å²) in [6.45, 7) is 3.67. The van der Waals surface area contributed by atoms with Gasteiger partial charge in [0.15, 0.2) is 0 Å².